The monoisotopic (exact) mass is 322 g/mol. The zero-order valence-electron chi connectivity index (χ0n) is 13.1. The van der Waals surface area contributed by atoms with Crippen LogP contribution >= 0.6 is 0 Å². The van der Waals surface area contributed by atoms with Crippen LogP contribution in [0.3, 0.4) is 0 Å². The Hall–Kier alpha value is -2.64. The molecule has 0 aromatic heterocycles. The summed E-state index contributed by atoms with van der Waals surface area (Å²) >= 11 is 0. The number of carboxylic acid groups (broad SMARTS) is 1. The van der Waals surface area contributed by atoms with Crippen molar-refractivity contribution >= 4 is 17.6 Å². The molecule has 2 atom stereocenters. The average Bonchev–Trinajstić information content (AvgIpc) is 2.88. The molecular formula is C15H18N2O6. The maximum Gasteiger partial charge on any atom is 0.308 e. The third kappa shape index (κ3) is 3.10. The van der Waals surface area contributed by atoms with Crippen molar-refractivity contribution in [3.8, 4) is 5.75 Å². The lowest BCUT2D eigenvalue weighted by Gasteiger charge is -2.17. The van der Waals surface area contributed by atoms with E-state index in [1.54, 1.807) is 13.8 Å². The Balaban J connectivity index is 2.35. The van der Waals surface area contributed by atoms with Crippen molar-refractivity contribution in [3.05, 3.63) is 33.4 Å². The number of methoxy groups -OCH3 is 1. The minimum absolute atomic E-state index is 0.0966. The molecule has 0 spiro atoms. The van der Waals surface area contributed by atoms with Crippen molar-refractivity contribution in [2.24, 2.45) is 11.8 Å². The van der Waals surface area contributed by atoms with Crippen LogP contribution in [-0.2, 0) is 4.79 Å². The molecule has 0 unspecified atom stereocenters. The highest BCUT2D eigenvalue weighted by molar-refractivity contribution is 5.96. The summed E-state index contributed by atoms with van der Waals surface area (Å²) in [5, 5.41) is 20.3. The molecule has 1 N–H and O–H groups in total. The highest BCUT2D eigenvalue weighted by Gasteiger charge is 2.37. The molecule has 1 heterocycles. The topological polar surface area (TPSA) is 110 Å². The molecule has 0 radical (unpaired) electrons. The van der Waals surface area contributed by atoms with E-state index in [9.17, 15) is 19.7 Å². The van der Waals surface area contributed by atoms with Crippen LogP contribution in [0.25, 0.3) is 0 Å². The predicted octanol–water partition coefficient (Wildman–Crippen LogP) is 1.70. The van der Waals surface area contributed by atoms with E-state index < -0.39 is 22.7 Å². The number of carbonyl (C=O) groups excluding carboxylic acids is 1. The molecule has 124 valence electrons. The number of amides is 1. The fourth-order valence-electron chi connectivity index (χ4n) is 2.83. The highest BCUT2D eigenvalue weighted by atomic mass is 16.6. The summed E-state index contributed by atoms with van der Waals surface area (Å²) in [6, 6.07) is 2.66. The van der Waals surface area contributed by atoms with Gasteiger partial charge in [-0.15, -0.1) is 0 Å². The summed E-state index contributed by atoms with van der Waals surface area (Å²) in [6.07, 6.45) is 0. The van der Waals surface area contributed by atoms with Crippen LogP contribution < -0.4 is 4.74 Å². The van der Waals surface area contributed by atoms with E-state index in [-0.39, 0.29) is 29.5 Å². The maximum atomic E-state index is 12.6. The minimum atomic E-state index is -0.944. The molecule has 2 rings (SSSR count). The minimum Gasteiger partial charge on any atom is -0.496 e. The fourth-order valence-corrected chi connectivity index (χ4v) is 2.83. The number of carboxylic acids is 1. The molecule has 8 heteroatoms. The van der Waals surface area contributed by atoms with Gasteiger partial charge in [0.15, 0.2) is 0 Å². The second-order valence-electron chi connectivity index (χ2n) is 5.71. The maximum absolute atomic E-state index is 12.6. The van der Waals surface area contributed by atoms with E-state index in [1.807, 2.05) is 0 Å². The van der Waals surface area contributed by atoms with E-state index in [4.69, 9.17) is 9.84 Å². The van der Waals surface area contributed by atoms with Gasteiger partial charge in [-0.1, -0.05) is 6.92 Å². The molecule has 1 aromatic carbocycles. The van der Waals surface area contributed by atoms with Gasteiger partial charge in [0.05, 0.1) is 29.1 Å². The van der Waals surface area contributed by atoms with Crippen LogP contribution in [-0.4, -0.2) is 47.0 Å². The first-order chi connectivity index (χ1) is 10.8. The van der Waals surface area contributed by atoms with Crippen molar-refractivity contribution in [1.82, 2.24) is 4.90 Å². The normalized spacial score (nSPS) is 20.4. The molecule has 23 heavy (non-hydrogen) atoms. The Morgan fingerprint density at radius 1 is 1.39 bits per heavy atom. The second kappa shape index (κ2) is 6.23. The fraction of sp³-hybridized carbons (Fsp3) is 0.467. The van der Waals surface area contributed by atoms with Gasteiger partial charge in [-0.2, -0.15) is 0 Å². The van der Waals surface area contributed by atoms with Crippen molar-refractivity contribution in [2.45, 2.75) is 13.8 Å². The van der Waals surface area contributed by atoms with Crippen molar-refractivity contribution in [1.29, 1.82) is 0 Å². The standard InChI is InChI=1S/C15H18N2O6/c1-8-6-16(7-11(8)15(19)20)14(18)10-4-12(17(21)22)9(2)13(5-10)23-3/h4-5,8,11H,6-7H2,1-3H3,(H,19,20)/t8-,11-/m1/s1. The molecule has 1 amide bonds. The van der Waals surface area contributed by atoms with E-state index in [0.717, 1.165) is 0 Å². The molecule has 1 aromatic rings. The predicted molar refractivity (Wildman–Crippen MR) is 80.6 cm³/mol. The number of carbonyl (C=O) groups is 2. The number of benzene rings is 1. The Morgan fingerprint density at radius 2 is 2.04 bits per heavy atom. The number of hydrogen-bond donors (Lipinski definition) is 1. The second-order valence-corrected chi connectivity index (χ2v) is 5.71. The van der Waals surface area contributed by atoms with Gasteiger partial charge in [0.2, 0.25) is 0 Å². The highest BCUT2D eigenvalue weighted by Crippen LogP contribution is 2.31. The van der Waals surface area contributed by atoms with Crippen molar-refractivity contribution in [2.75, 3.05) is 20.2 Å². The number of ether oxygens (including phenoxy) is 1. The smallest absolute Gasteiger partial charge is 0.308 e. The number of likely N-dealkylation sites (tertiary alicyclic amines) is 1. The van der Waals surface area contributed by atoms with E-state index >= 15 is 0 Å². The Labute approximate surface area is 132 Å². The summed E-state index contributed by atoms with van der Waals surface area (Å²) in [5.74, 6) is -1.91. The first-order valence-electron chi connectivity index (χ1n) is 7.11. The number of nitro benzene ring substituents is 1. The summed E-state index contributed by atoms with van der Waals surface area (Å²) in [6.45, 7) is 3.72. The van der Waals surface area contributed by atoms with Gasteiger partial charge >= 0.3 is 5.97 Å². The van der Waals surface area contributed by atoms with E-state index in [1.165, 1.54) is 24.1 Å². The summed E-state index contributed by atoms with van der Waals surface area (Å²) in [4.78, 5) is 35.7. The third-order valence-corrected chi connectivity index (χ3v) is 4.21. The molecule has 0 aliphatic carbocycles. The van der Waals surface area contributed by atoms with Gasteiger partial charge in [-0.05, 0) is 18.9 Å². The molecule has 1 aliphatic rings. The Morgan fingerprint density at radius 3 is 2.52 bits per heavy atom. The number of aliphatic carboxylic acids is 1. The molecular weight excluding hydrogens is 304 g/mol. The average molecular weight is 322 g/mol. The van der Waals surface area contributed by atoms with Crippen LogP contribution in [0.1, 0.15) is 22.8 Å². The van der Waals surface area contributed by atoms with Crippen LogP contribution in [0.15, 0.2) is 12.1 Å². The van der Waals surface area contributed by atoms with Gasteiger partial charge < -0.3 is 14.7 Å². The first-order valence-corrected chi connectivity index (χ1v) is 7.11. The summed E-state index contributed by atoms with van der Waals surface area (Å²) in [5.41, 5.74) is 0.263. The van der Waals surface area contributed by atoms with E-state index in [2.05, 4.69) is 0 Å². The lowest BCUT2D eigenvalue weighted by Crippen LogP contribution is -2.30. The van der Waals surface area contributed by atoms with Crippen LogP contribution in [0.2, 0.25) is 0 Å². The molecule has 0 bridgehead atoms. The first kappa shape index (κ1) is 16.7. The van der Waals surface area contributed by atoms with Gasteiger partial charge in [-0.25, -0.2) is 0 Å². The molecule has 1 aliphatic heterocycles. The molecule has 1 fully saturated rings. The molecule has 1 saturated heterocycles. The third-order valence-electron chi connectivity index (χ3n) is 4.21. The van der Waals surface area contributed by atoms with Crippen LogP contribution in [0, 0.1) is 28.9 Å². The lowest BCUT2D eigenvalue weighted by atomic mass is 9.99. The van der Waals surface area contributed by atoms with Crippen LogP contribution in [0.4, 0.5) is 5.69 Å². The summed E-state index contributed by atoms with van der Waals surface area (Å²) in [7, 11) is 1.37. The van der Waals surface area contributed by atoms with Crippen LogP contribution in [0.5, 0.6) is 5.75 Å². The number of hydrogen-bond acceptors (Lipinski definition) is 5. The molecule has 8 nitrogen and oxygen atoms in total. The summed E-state index contributed by atoms with van der Waals surface area (Å²) < 4.78 is 5.10. The Bertz CT molecular complexity index is 672. The van der Waals surface area contributed by atoms with E-state index in [0.29, 0.717) is 12.1 Å². The lowest BCUT2D eigenvalue weighted by molar-refractivity contribution is -0.385. The number of nitrogens with zero attached hydrogens (tertiary/aromatic N) is 2. The van der Waals surface area contributed by atoms with Crippen molar-refractivity contribution in [3.63, 3.8) is 0 Å². The Kier molecular flexibility index (Phi) is 4.53. The molecule has 0 saturated carbocycles. The zero-order chi connectivity index (χ0) is 17.3. The largest absolute Gasteiger partial charge is 0.496 e. The number of nitro groups is 1. The van der Waals surface area contributed by atoms with Gasteiger partial charge in [0.1, 0.15) is 5.75 Å². The van der Waals surface area contributed by atoms with Gasteiger partial charge in [-0.3, -0.25) is 19.7 Å². The SMILES string of the molecule is COc1cc(C(=O)N2C[C@@H](C)[C@H](C(=O)O)C2)cc([N+](=O)[O-])c1C. The van der Waals surface area contributed by atoms with Gasteiger partial charge in [0, 0.05) is 19.2 Å². The van der Waals surface area contributed by atoms with Gasteiger partial charge in [0.25, 0.3) is 11.6 Å². The number of rotatable bonds is 4. The quantitative estimate of drug-likeness (QED) is 0.667. The van der Waals surface area contributed by atoms with Crippen molar-refractivity contribution < 1.29 is 24.4 Å². The zero-order valence-corrected chi connectivity index (χ0v) is 13.1.